The number of carbonyl (C=O) groups is 1. The Balaban J connectivity index is 1.80. The molecular formula is C21H20O6. The second-order valence-corrected chi connectivity index (χ2v) is 5.88. The zero-order valence-electron chi connectivity index (χ0n) is 15.4. The minimum atomic E-state index is -0.407. The van der Waals surface area contributed by atoms with E-state index in [1.165, 1.54) is 13.2 Å². The summed E-state index contributed by atoms with van der Waals surface area (Å²) in [6, 6.07) is 11.6. The highest BCUT2D eigenvalue weighted by molar-refractivity contribution is 6.00. The van der Waals surface area contributed by atoms with Gasteiger partial charge in [0.05, 0.1) is 19.8 Å². The molecule has 0 radical (unpaired) electrons. The minimum Gasteiger partial charge on any atom is -0.497 e. The van der Waals surface area contributed by atoms with Crippen molar-refractivity contribution >= 4 is 16.8 Å². The van der Waals surface area contributed by atoms with E-state index in [4.69, 9.17) is 18.6 Å². The number of rotatable bonds is 7. The maximum Gasteiger partial charge on any atom is 0.336 e. The topological polar surface area (TPSA) is 75.0 Å². The molecule has 27 heavy (non-hydrogen) atoms. The average molecular weight is 368 g/mol. The van der Waals surface area contributed by atoms with E-state index in [0.717, 1.165) is 17.4 Å². The third-order valence-corrected chi connectivity index (χ3v) is 4.26. The van der Waals surface area contributed by atoms with Gasteiger partial charge in [0.15, 0.2) is 6.61 Å². The molecule has 2 aromatic carbocycles. The van der Waals surface area contributed by atoms with Crippen molar-refractivity contribution in [1.82, 2.24) is 0 Å². The summed E-state index contributed by atoms with van der Waals surface area (Å²) in [5.41, 5.74) is 1.34. The predicted molar refractivity (Wildman–Crippen MR) is 101 cm³/mol. The van der Waals surface area contributed by atoms with Crippen molar-refractivity contribution < 1.29 is 23.4 Å². The molecule has 0 saturated carbocycles. The van der Waals surface area contributed by atoms with E-state index >= 15 is 0 Å². The minimum absolute atomic E-state index is 0.175. The van der Waals surface area contributed by atoms with Crippen molar-refractivity contribution in [3.05, 3.63) is 64.0 Å². The first-order valence-electron chi connectivity index (χ1n) is 8.50. The Morgan fingerprint density at radius 1 is 1.00 bits per heavy atom. The standard InChI is InChI=1S/C21H20O6/c1-4-13-9-21(23)27-20-11-15(6-7-16(13)20)26-12-18(22)17-8-5-14(24-2)10-19(17)25-3/h5-11H,4,12H2,1-3H3. The van der Waals surface area contributed by atoms with Crippen LogP contribution in [0, 0.1) is 0 Å². The highest BCUT2D eigenvalue weighted by Crippen LogP contribution is 2.26. The Kier molecular flexibility index (Phi) is 5.45. The second kappa shape index (κ2) is 7.95. The van der Waals surface area contributed by atoms with E-state index in [2.05, 4.69) is 0 Å². The molecule has 140 valence electrons. The Morgan fingerprint density at radius 3 is 2.48 bits per heavy atom. The second-order valence-electron chi connectivity index (χ2n) is 5.88. The Labute approximate surface area is 156 Å². The first kappa shape index (κ1) is 18.5. The number of Topliss-reactive ketones (excluding diaryl/α,β-unsaturated/α-hetero) is 1. The van der Waals surface area contributed by atoms with Gasteiger partial charge in [-0.3, -0.25) is 4.79 Å². The molecule has 1 aromatic heterocycles. The molecule has 0 fully saturated rings. The Morgan fingerprint density at radius 2 is 1.78 bits per heavy atom. The van der Waals surface area contributed by atoms with Gasteiger partial charge in [-0.15, -0.1) is 0 Å². The summed E-state index contributed by atoms with van der Waals surface area (Å²) in [4.78, 5) is 24.2. The number of fused-ring (bicyclic) bond motifs is 1. The number of hydrogen-bond acceptors (Lipinski definition) is 6. The Hall–Kier alpha value is -3.28. The van der Waals surface area contributed by atoms with Crippen LogP contribution in [0.2, 0.25) is 0 Å². The number of ketones is 1. The maximum atomic E-state index is 12.5. The normalized spacial score (nSPS) is 10.6. The van der Waals surface area contributed by atoms with Crippen LogP contribution in [0.3, 0.4) is 0 Å². The lowest BCUT2D eigenvalue weighted by molar-refractivity contribution is 0.0918. The summed E-state index contributed by atoms with van der Waals surface area (Å²) >= 11 is 0. The highest BCUT2D eigenvalue weighted by atomic mass is 16.5. The van der Waals surface area contributed by atoms with E-state index in [9.17, 15) is 9.59 Å². The third kappa shape index (κ3) is 3.95. The van der Waals surface area contributed by atoms with Gasteiger partial charge in [-0.1, -0.05) is 6.92 Å². The summed E-state index contributed by atoms with van der Waals surface area (Å²) in [6.07, 6.45) is 0.720. The van der Waals surface area contributed by atoms with Gasteiger partial charge < -0.3 is 18.6 Å². The van der Waals surface area contributed by atoms with Crippen molar-refractivity contribution in [2.24, 2.45) is 0 Å². The predicted octanol–water partition coefficient (Wildman–Crippen LogP) is 3.63. The smallest absolute Gasteiger partial charge is 0.336 e. The molecule has 0 spiro atoms. The van der Waals surface area contributed by atoms with Gasteiger partial charge in [0.25, 0.3) is 0 Å². The van der Waals surface area contributed by atoms with Gasteiger partial charge in [-0.05, 0) is 36.2 Å². The molecular weight excluding hydrogens is 348 g/mol. The zero-order chi connectivity index (χ0) is 19.4. The van der Waals surface area contributed by atoms with Crippen LogP contribution in [0.1, 0.15) is 22.8 Å². The summed E-state index contributed by atoms with van der Waals surface area (Å²) in [6.45, 7) is 1.80. The van der Waals surface area contributed by atoms with Crippen molar-refractivity contribution in [2.45, 2.75) is 13.3 Å². The number of aryl methyl sites for hydroxylation is 1. The van der Waals surface area contributed by atoms with Crippen LogP contribution < -0.4 is 19.8 Å². The molecule has 0 atom stereocenters. The fraction of sp³-hybridized carbons (Fsp3) is 0.238. The first-order valence-corrected chi connectivity index (χ1v) is 8.50. The van der Waals surface area contributed by atoms with Crippen molar-refractivity contribution in [3.63, 3.8) is 0 Å². The van der Waals surface area contributed by atoms with E-state index in [-0.39, 0.29) is 12.4 Å². The van der Waals surface area contributed by atoms with Gasteiger partial charge in [0.2, 0.25) is 5.78 Å². The monoisotopic (exact) mass is 368 g/mol. The van der Waals surface area contributed by atoms with Gasteiger partial charge in [0.1, 0.15) is 22.8 Å². The number of methoxy groups -OCH3 is 2. The van der Waals surface area contributed by atoms with Crippen LogP contribution in [0.15, 0.2) is 51.7 Å². The summed E-state index contributed by atoms with van der Waals surface area (Å²) < 4.78 is 21.2. The molecule has 0 amide bonds. The zero-order valence-corrected chi connectivity index (χ0v) is 15.4. The van der Waals surface area contributed by atoms with Crippen molar-refractivity contribution in [3.8, 4) is 17.2 Å². The van der Waals surface area contributed by atoms with E-state index < -0.39 is 5.63 Å². The van der Waals surface area contributed by atoms with Crippen molar-refractivity contribution in [2.75, 3.05) is 20.8 Å². The average Bonchev–Trinajstić information content (AvgIpc) is 2.70. The van der Waals surface area contributed by atoms with Gasteiger partial charge in [0, 0.05) is 23.6 Å². The lowest BCUT2D eigenvalue weighted by atomic mass is 10.1. The van der Waals surface area contributed by atoms with Crippen LogP contribution in [0.25, 0.3) is 11.0 Å². The summed E-state index contributed by atoms with van der Waals surface area (Å²) in [7, 11) is 3.03. The molecule has 1 heterocycles. The van der Waals surface area contributed by atoms with E-state index in [0.29, 0.717) is 28.4 Å². The molecule has 0 unspecified atom stereocenters. The van der Waals surface area contributed by atoms with Gasteiger partial charge in [-0.2, -0.15) is 0 Å². The van der Waals surface area contributed by atoms with Gasteiger partial charge in [-0.25, -0.2) is 4.79 Å². The first-order chi connectivity index (χ1) is 13.0. The van der Waals surface area contributed by atoms with Crippen LogP contribution in [0.4, 0.5) is 0 Å². The number of benzene rings is 2. The molecule has 0 bridgehead atoms. The number of carbonyl (C=O) groups excluding carboxylic acids is 1. The Bertz CT molecular complexity index is 1030. The van der Waals surface area contributed by atoms with Crippen LogP contribution in [-0.4, -0.2) is 26.6 Å². The molecule has 0 N–H and O–H groups in total. The fourth-order valence-electron chi connectivity index (χ4n) is 2.85. The van der Waals surface area contributed by atoms with Crippen LogP contribution in [-0.2, 0) is 6.42 Å². The summed E-state index contributed by atoms with van der Waals surface area (Å²) in [5.74, 6) is 1.22. The quantitative estimate of drug-likeness (QED) is 0.468. The largest absolute Gasteiger partial charge is 0.497 e. The fourth-order valence-corrected chi connectivity index (χ4v) is 2.85. The summed E-state index contributed by atoms with van der Waals surface area (Å²) in [5, 5.41) is 0.854. The molecule has 0 saturated heterocycles. The van der Waals surface area contributed by atoms with Crippen LogP contribution in [0.5, 0.6) is 17.2 Å². The third-order valence-electron chi connectivity index (χ3n) is 4.26. The SMILES string of the molecule is CCc1cc(=O)oc2cc(OCC(=O)c3ccc(OC)cc3OC)ccc12. The maximum absolute atomic E-state index is 12.5. The number of hydrogen-bond donors (Lipinski definition) is 0. The lowest BCUT2D eigenvalue weighted by Gasteiger charge is -2.11. The molecule has 6 heteroatoms. The molecule has 6 nitrogen and oxygen atoms in total. The molecule has 0 aliphatic heterocycles. The number of ether oxygens (including phenoxy) is 3. The molecule has 3 aromatic rings. The van der Waals surface area contributed by atoms with Crippen molar-refractivity contribution in [1.29, 1.82) is 0 Å². The molecule has 0 aliphatic rings. The van der Waals surface area contributed by atoms with Crippen LogP contribution >= 0.6 is 0 Å². The molecule has 0 aliphatic carbocycles. The lowest BCUT2D eigenvalue weighted by Crippen LogP contribution is -2.13. The van der Waals surface area contributed by atoms with Gasteiger partial charge >= 0.3 is 5.63 Å². The van der Waals surface area contributed by atoms with E-state index in [1.807, 2.05) is 13.0 Å². The van der Waals surface area contributed by atoms with E-state index in [1.54, 1.807) is 37.4 Å². The highest BCUT2D eigenvalue weighted by Gasteiger charge is 2.14. The molecule has 3 rings (SSSR count).